The van der Waals surface area contributed by atoms with Crippen LogP contribution in [0.15, 0.2) is 18.2 Å². The number of halogens is 1. The number of carbonyl (C=O) groups excluding carboxylic acids is 1. The predicted octanol–water partition coefficient (Wildman–Crippen LogP) is 3.64. The van der Waals surface area contributed by atoms with E-state index in [1.165, 1.54) is 6.07 Å². The molecule has 1 rings (SSSR count). The Bertz CT molecular complexity index is 429. The highest BCUT2D eigenvalue weighted by Crippen LogP contribution is 2.15. The Hall–Kier alpha value is -1.38. The first-order chi connectivity index (χ1) is 8.32. The van der Waals surface area contributed by atoms with Gasteiger partial charge in [0.25, 0.3) is 5.91 Å². The summed E-state index contributed by atoms with van der Waals surface area (Å²) < 4.78 is 13.2. The molecule has 0 spiro atoms. The Morgan fingerprint density at radius 3 is 2.44 bits per heavy atom. The number of aryl methyl sites for hydroxylation is 1. The molecule has 1 amide bonds. The summed E-state index contributed by atoms with van der Waals surface area (Å²) in [5, 5.41) is 0. The minimum atomic E-state index is -0.274. The minimum Gasteiger partial charge on any atom is -0.339 e. The summed E-state index contributed by atoms with van der Waals surface area (Å²) in [5.74, 6) is 0.223. The summed E-state index contributed by atoms with van der Waals surface area (Å²) in [6.07, 6.45) is 0.961. The van der Waals surface area contributed by atoms with Crippen molar-refractivity contribution >= 4 is 5.91 Å². The molecule has 1 aromatic carbocycles. The summed E-state index contributed by atoms with van der Waals surface area (Å²) in [4.78, 5) is 14.0. The average molecular weight is 251 g/mol. The fourth-order valence-corrected chi connectivity index (χ4v) is 2.02. The number of rotatable bonds is 4. The van der Waals surface area contributed by atoms with Crippen LogP contribution < -0.4 is 0 Å². The average Bonchev–Trinajstić information content (AvgIpc) is 2.30. The van der Waals surface area contributed by atoms with E-state index in [2.05, 4.69) is 13.8 Å². The molecule has 0 fully saturated rings. The zero-order valence-corrected chi connectivity index (χ0v) is 11.8. The molecule has 1 unspecified atom stereocenters. The van der Waals surface area contributed by atoms with Gasteiger partial charge in [-0.05, 0) is 49.9 Å². The van der Waals surface area contributed by atoms with Crippen LogP contribution in [-0.2, 0) is 0 Å². The molecular formula is C15H22FNO. The lowest BCUT2D eigenvalue weighted by Crippen LogP contribution is -2.35. The Labute approximate surface area is 109 Å². The van der Waals surface area contributed by atoms with Gasteiger partial charge < -0.3 is 4.90 Å². The number of amides is 1. The van der Waals surface area contributed by atoms with Crippen molar-refractivity contribution in [3.63, 3.8) is 0 Å². The van der Waals surface area contributed by atoms with E-state index in [9.17, 15) is 9.18 Å². The third-order valence-corrected chi connectivity index (χ3v) is 3.20. The van der Waals surface area contributed by atoms with Gasteiger partial charge in [0.05, 0.1) is 0 Å². The van der Waals surface area contributed by atoms with Crippen LogP contribution in [0.4, 0.5) is 4.39 Å². The van der Waals surface area contributed by atoms with Gasteiger partial charge in [-0.3, -0.25) is 4.79 Å². The lowest BCUT2D eigenvalue weighted by atomic mass is 10.0. The van der Waals surface area contributed by atoms with E-state index in [-0.39, 0.29) is 17.8 Å². The maximum atomic E-state index is 13.2. The molecule has 0 radical (unpaired) electrons. The Morgan fingerprint density at radius 2 is 1.94 bits per heavy atom. The summed E-state index contributed by atoms with van der Waals surface area (Å²) in [6.45, 7) is 7.98. The van der Waals surface area contributed by atoms with Gasteiger partial charge in [-0.25, -0.2) is 4.39 Å². The topological polar surface area (TPSA) is 20.3 Å². The fourth-order valence-electron chi connectivity index (χ4n) is 2.02. The highest BCUT2D eigenvalue weighted by Gasteiger charge is 2.18. The lowest BCUT2D eigenvalue weighted by molar-refractivity contribution is 0.0728. The van der Waals surface area contributed by atoms with Crippen molar-refractivity contribution < 1.29 is 9.18 Å². The highest BCUT2D eigenvalue weighted by atomic mass is 19.1. The normalized spacial score (nSPS) is 12.6. The molecule has 0 heterocycles. The molecule has 2 nitrogen and oxygen atoms in total. The Kier molecular flexibility index (Phi) is 4.88. The molecule has 0 aromatic heterocycles. The maximum Gasteiger partial charge on any atom is 0.253 e. The molecule has 18 heavy (non-hydrogen) atoms. The number of nitrogens with zero attached hydrogens (tertiary/aromatic N) is 1. The smallest absolute Gasteiger partial charge is 0.253 e. The van der Waals surface area contributed by atoms with Crippen LogP contribution in [0.5, 0.6) is 0 Å². The van der Waals surface area contributed by atoms with Crippen LogP contribution in [0.25, 0.3) is 0 Å². The van der Waals surface area contributed by atoms with E-state index < -0.39 is 0 Å². The summed E-state index contributed by atoms with van der Waals surface area (Å²) in [7, 11) is 1.80. The SMILES string of the molecule is Cc1cc(C(=O)N(C)C(C)CC(C)C)ccc1F. The first-order valence-electron chi connectivity index (χ1n) is 6.36. The van der Waals surface area contributed by atoms with E-state index in [1.54, 1.807) is 31.0 Å². The van der Waals surface area contributed by atoms with Crippen LogP contribution in [0.2, 0.25) is 0 Å². The van der Waals surface area contributed by atoms with Gasteiger partial charge in [0.2, 0.25) is 0 Å². The molecule has 0 saturated carbocycles. The van der Waals surface area contributed by atoms with E-state index in [0.29, 0.717) is 17.0 Å². The Balaban J connectivity index is 2.82. The van der Waals surface area contributed by atoms with Crippen LogP contribution in [-0.4, -0.2) is 23.9 Å². The molecule has 1 atom stereocenters. The van der Waals surface area contributed by atoms with Gasteiger partial charge in [-0.1, -0.05) is 13.8 Å². The number of hydrogen-bond acceptors (Lipinski definition) is 1. The standard InChI is InChI=1S/C15H22FNO/c1-10(2)8-12(4)17(5)15(18)13-6-7-14(16)11(3)9-13/h6-7,9-10,12H,8H2,1-5H3. The van der Waals surface area contributed by atoms with Crippen molar-refractivity contribution in [2.45, 2.75) is 40.2 Å². The third-order valence-electron chi connectivity index (χ3n) is 3.20. The predicted molar refractivity (Wildman–Crippen MR) is 72.1 cm³/mol. The number of hydrogen-bond donors (Lipinski definition) is 0. The van der Waals surface area contributed by atoms with E-state index >= 15 is 0 Å². The fraction of sp³-hybridized carbons (Fsp3) is 0.533. The van der Waals surface area contributed by atoms with Crippen molar-refractivity contribution in [1.82, 2.24) is 4.90 Å². The van der Waals surface area contributed by atoms with Crippen LogP contribution in [0, 0.1) is 18.7 Å². The van der Waals surface area contributed by atoms with Crippen molar-refractivity contribution in [3.05, 3.63) is 35.1 Å². The van der Waals surface area contributed by atoms with Crippen LogP contribution in [0.3, 0.4) is 0 Å². The van der Waals surface area contributed by atoms with Crippen molar-refractivity contribution in [1.29, 1.82) is 0 Å². The number of carbonyl (C=O) groups is 1. The third kappa shape index (κ3) is 3.56. The van der Waals surface area contributed by atoms with Crippen molar-refractivity contribution in [2.24, 2.45) is 5.92 Å². The summed E-state index contributed by atoms with van der Waals surface area (Å²) in [6, 6.07) is 4.69. The molecule has 0 saturated heterocycles. The maximum absolute atomic E-state index is 13.2. The quantitative estimate of drug-likeness (QED) is 0.800. The van der Waals surface area contributed by atoms with E-state index in [0.717, 1.165) is 6.42 Å². The highest BCUT2D eigenvalue weighted by molar-refractivity contribution is 5.94. The van der Waals surface area contributed by atoms with Crippen molar-refractivity contribution in [2.75, 3.05) is 7.05 Å². The van der Waals surface area contributed by atoms with Gasteiger partial charge in [-0.15, -0.1) is 0 Å². The van der Waals surface area contributed by atoms with Gasteiger partial charge in [0.1, 0.15) is 5.82 Å². The van der Waals surface area contributed by atoms with Crippen LogP contribution >= 0.6 is 0 Å². The van der Waals surface area contributed by atoms with Gasteiger partial charge in [0.15, 0.2) is 0 Å². The lowest BCUT2D eigenvalue weighted by Gasteiger charge is -2.26. The second kappa shape index (κ2) is 5.98. The summed E-state index contributed by atoms with van der Waals surface area (Å²) >= 11 is 0. The number of benzene rings is 1. The van der Waals surface area contributed by atoms with Crippen LogP contribution in [0.1, 0.15) is 43.1 Å². The summed E-state index contributed by atoms with van der Waals surface area (Å²) in [5.41, 5.74) is 1.05. The molecule has 0 aliphatic carbocycles. The van der Waals surface area contributed by atoms with E-state index in [1.807, 2.05) is 6.92 Å². The van der Waals surface area contributed by atoms with Gasteiger partial charge >= 0.3 is 0 Å². The Morgan fingerprint density at radius 1 is 1.33 bits per heavy atom. The minimum absolute atomic E-state index is 0.0498. The monoisotopic (exact) mass is 251 g/mol. The van der Waals surface area contributed by atoms with Gasteiger partial charge in [0, 0.05) is 18.7 Å². The molecule has 0 N–H and O–H groups in total. The largest absolute Gasteiger partial charge is 0.339 e. The first-order valence-corrected chi connectivity index (χ1v) is 6.36. The van der Waals surface area contributed by atoms with Gasteiger partial charge in [-0.2, -0.15) is 0 Å². The molecule has 0 aliphatic heterocycles. The zero-order valence-electron chi connectivity index (χ0n) is 11.8. The van der Waals surface area contributed by atoms with E-state index in [4.69, 9.17) is 0 Å². The molecule has 100 valence electrons. The first kappa shape index (κ1) is 14.7. The molecule has 0 aliphatic rings. The zero-order chi connectivity index (χ0) is 13.9. The molecular weight excluding hydrogens is 229 g/mol. The molecule has 0 bridgehead atoms. The van der Waals surface area contributed by atoms with Crippen molar-refractivity contribution in [3.8, 4) is 0 Å². The second-order valence-electron chi connectivity index (χ2n) is 5.36. The molecule has 3 heteroatoms. The molecule has 1 aromatic rings. The second-order valence-corrected chi connectivity index (χ2v) is 5.36.